The number of amides is 1. The average Bonchev–Trinajstić information content (AvgIpc) is 3.13. The fourth-order valence-electron chi connectivity index (χ4n) is 2.31. The third-order valence-corrected chi connectivity index (χ3v) is 4.46. The van der Waals surface area contributed by atoms with Crippen LogP contribution in [0.2, 0.25) is 0 Å². The Morgan fingerprint density at radius 1 is 1.12 bits per heavy atom. The number of hydrogen-bond donors (Lipinski definition) is 2. The van der Waals surface area contributed by atoms with E-state index in [1.54, 1.807) is 11.8 Å². The summed E-state index contributed by atoms with van der Waals surface area (Å²) in [6.45, 7) is 2.59. The topological polar surface area (TPSA) is 59.6 Å². The quantitative estimate of drug-likeness (QED) is 0.795. The molecule has 1 aliphatic heterocycles. The summed E-state index contributed by atoms with van der Waals surface area (Å²) in [5, 5.41) is 6.06. The first kappa shape index (κ1) is 19.4. The van der Waals surface area contributed by atoms with E-state index in [2.05, 4.69) is 10.6 Å². The number of rotatable bonds is 6. The fraction of sp³-hybridized carbons (Fsp3) is 0.278. The molecule has 1 fully saturated rings. The summed E-state index contributed by atoms with van der Waals surface area (Å²) >= 11 is 1.73. The third kappa shape index (κ3) is 5.56. The minimum absolute atomic E-state index is 0. The van der Waals surface area contributed by atoms with Gasteiger partial charge in [0.05, 0.1) is 12.6 Å². The smallest absolute Gasteiger partial charge is 0.242 e. The van der Waals surface area contributed by atoms with Gasteiger partial charge < -0.3 is 14.8 Å². The van der Waals surface area contributed by atoms with E-state index in [1.807, 2.05) is 55.5 Å². The number of ether oxygens (including phenoxy) is 2. The maximum atomic E-state index is 12.0. The number of carbonyl (C=O) groups excluding carboxylic acids is 1. The molecule has 0 radical (unpaired) electrons. The molecule has 7 heteroatoms. The number of anilines is 1. The molecule has 0 spiro atoms. The summed E-state index contributed by atoms with van der Waals surface area (Å²) in [5.41, 5.74) is 0.762. The standard InChI is InChI=1S/C18H20N2O3S.ClH/c1-2-22-14-7-9-16(10-8-14)23-15-5-3-13(4-6-15)20-18(21)17-11-24-12-19-17;/h3-10,17,19H,2,11-12H2,1H3,(H,20,21);1H. The van der Waals surface area contributed by atoms with Gasteiger partial charge in [-0.05, 0) is 55.5 Å². The van der Waals surface area contributed by atoms with Crippen molar-refractivity contribution in [3.63, 3.8) is 0 Å². The number of nitrogens with one attached hydrogen (secondary N) is 2. The third-order valence-electron chi connectivity index (χ3n) is 3.53. The monoisotopic (exact) mass is 380 g/mol. The van der Waals surface area contributed by atoms with E-state index >= 15 is 0 Å². The van der Waals surface area contributed by atoms with Crippen LogP contribution in [0.15, 0.2) is 48.5 Å². The fourth-order valence-corrected chi connectivity index (χ4v) is 3.25. The molecule has 1 atom stereocenters. The highest BCUT2D eigenvalue weighted by molar-refractivity contribution is 7.99. The van der Waals surface area contributed by atoms with Crippen molar-refractivity contribution < 1.29 is 14.3 Å². The van der Waals surface area contributed by atoms with E-state index in [0.717, 1.165) is 28.8 Å². The number of benzene rings is 2. The first-order valence-corrected chi connectivity index (χ1v) is 9.03. The van der Waals surface area contributed by atoms with Crippen molar-refractivity contribution in [2.24, 2.45) is 0 Å². The molecule has 2 aromatic rings. The summed E-state index contributed by atoms with van der Waals surface area (Å²) in [7, 11) is 0. The molecular weight excluding hydrogens is 360 g/mol. The molecule has 1 amide bonds. The van der Waals surface area contributed by atoms with Gasteiger partial charge in [-0.1, -0.05) is 0 Å². The van der Waals surface area contributed by atoms with E-state index in [0.29, 0.717) is 12.4 Å². The molecular formula is C18H21ClN2O3S. The minimum Gasteiger partial charge on any atom is -0.494 e. The summed E-state index contributed by atoms with van der Waals surface area (Å²) in [4.78, 5) is 12.0. The van der Waals surface area contributed by atoms with Gasteiger partial charge in [0.15, 0.2) is 0 Å². The molecule has 25 heavy (non-hydrogen) atoms. The van der Waals surface area contributed by atoms with Crippen LogP contribution in [0.4, 0.5) is 5.69 Å². The Labute approximate surface area is 157 Å². The van der Waals surface area contributed by atoms with Gasteiger partial charge in [0.2, 0.25) is 5.91 Å². The molecule has 1 saturated heterocycles. The molecule has 1 unspecified atom stereocenters. The van der Waals surface area contributed by atoms with Gasteiger partial charge in [0.25, 0.3) is 0 Å². The van der Waals surface area contributed by atoms with E-state index in [1.165, 1.54) is 0 Å². The van der Waals surface area contributed by atoms with Crippen LogP contribution in [-0.4, -0.2) is 30.2 Å². The van der Waals surface area contributed by atoms with E-state index in [9.17, 15) is 4.79 Å². The van der Waals surface area contributed by atoms with Crippen LogP contribution in [0, 0.1) is 0 Å². The minimum atomic E-state index is -0.116. The normalized spacial score (nSPS) is 16.0. The van der Waals surface area contributed by atoms with Crippen LogP contribution in [0.5, 0.6) is 17.2 Å². The summed E-state index contributed by atoms with van der Waals surface area (Å²) in [6.07, 6.45) is 0. The number of thioether (sulfide) groups is 1. The predicted octanol–water partition coefficient (Wildman–Crippen LogP) is 3.90. The van der Waals surface area contributed by atoms with Crippen LogP contribution < -0.4 is 20.1 Å². The first-order valence-electron chi connectivity index (χ1n) is 7.87. The number of carbonyl (C=O) groups is 1. The lowest BCUT2D eigenvalue weighted by Gasteiger charge is -2.11. The molecule has 5 nitrogen and oxygen atoms in total. The molecule has 3 rings (SSSR count). The van der Waals surface area contributed by atoms with Gasteiger partial charge >= 0.3 is 0 Å². The zero-order chi connectivity index (χ0) is 16.8. The largest absolute Gasteiger partial charge is 0.494 e. The summed E-state index contributed by atoms with van der Waals surface area (Å²) < 4.78 is 11.2. The highest BCUT2D eigenvalue weighted by Crippen LogP contribution is 2.25. The Hall–Kier alpha value is -1.89. The second-order valence-electron chi connectivity index (χ2n) is 5.29. The van der Waals surface area contributed by atoms with E-state index < -0.39 is 0 Å². The molecule has 0 saturated carbocycles. The zero-order valence-electron chi connectivity index (χ0n) is 13.9. The second kappa shape index (κ2) is 9.56. The van der Waals surface area contributed by atoms with Crippen molar-refractivity contribution in [1.82, 2.24) is 5.32 Å². The molecule has 0 bridgehead atoms. The molecule has 2 N–H and O–H groups in total. The average molecular weight is 381 g/mol. The summed E-state index contributed by atoms with van der Waals surface area (Å²) in [5.74, 6) is 3.91. The van der Waals surface area contributed by atoms with Crippen LogP contribution in [0.3, 0.4) is 0 Å². The Morgan fingerprint density at radius 2 is 1.72 bits per heavy atom. The molecule has 0 aliphatic carbocycles. The van der Waals surface area contributed by atoms with Gasteiger partial charge in [0, 0.05) is 17.3 Å². The van der Waals surface area contributed by atoms with Crippen molar-refractivity contribution >= 4 is 35.8 Å². The van der Waals surface area contributed by atoms with Gasteiger partial charge in [-0.25, -0.2) is 0 Å². The maximum absolute atomic E-state index is 12.0. The van der Waals surface area contributed by atoms with Crippen molar-refractivity contribution in [3.8, 4) is 17.2 Å². The highest BCUT2D eigenvalue weighted by atomic mass is 35.5. The Morgan fingerprint density at radius 3 is 2.28 bits per heavy atom. The van der Waals surface area contributed by atoms with E-state index in [4.69, 9.17) is 9.47 Å². The molecule has 0 aromatic heterocycles. The zero-order valence-corrected chi connectivity index (χ0v) is 15.5. The second-order valence-corrected chi connectivity index (χ2v) is 6.32. The van der Waals surface area contributed by atoms with Crippen LogP contribution >= 0.6 is 24.2 Å². The van der Waals surface area contributed by atoms with E-state index in [-0.39, 0.29) is 24.4 Å². The lowest BCUT2D eigenvalue weighted by Crippen LogP contribution is -2.37. The van der Waals surface area contributed by atoms with Gasteiger partial charge in [0.1, 0.15) is 17.2 Å². The first-order chi connectivity index (χ1) is 11.7. The van der Waals surface area contributed by atoms with Crippen LogP contribution in [0.1, 0.15) is 6.92 Å². The molecule has 1 aliphatic rings. The lowest BCUT2D eigenvalue weighted by molar-refractivity contribution is -0.117. The Bertz CT molecular complexity index is 674. The van der Waals surface area contributed by atoms with Gasteiger partial charge in [-0.15, -0.1) is 24.2 Å². The summed E-state index contributed by atoms with van der Waals surface area (Å²) in [6, 6.07) is 14.7. The number of hydrogen-bond acceptors (Lipinski definition) is 5. The van der Waals surface area contributed by atoms with Crippen molar-refractivity contribution in [2.45, 2.75) is 13.0 Å². The Balaban J connectivity index is 0.00000225. The molecule has 2 aromatic carbocycles. The lowest BCUT2D eigenvalue weighted by atomic mass is 10.2. The van der Waals surface area contributed by atoms with Crippen LogP contribution in [0.25, 0.3) is 0 Å². The van der Waals surface area contributed by atoms with Gasteiger partial charge in [-0.2, -0.15) is 0 Å². The van der Waals surface area contributed by atoms with Crippen molar-refractivity contribution in [1.29, 1.82) is 0 Å². The van der Waals surface area contributed by atoms with Crippen LogP contribution in [-0.2, 0) is 4.79 Å². The number of halogens is 1. The van der Waals surface area contributed by atoms with Crippen molar-refractivity contribution in [3.05, 3.63) is 48.5 Å². The SMILES string of the molecule is CCOc1ccc(Oc2ccc(NC(=O)C3CSCN3)cc2)cc1.Cl. The van der Waals surface area contributed by atoms with Crippen molar-refractivity contribution in [2.75, 3.05) is 23.6 Å². The van der Waals surface area contributed by atoms with Gasteiger partial charge in [-0.3, -0.25) is 10.1 Å². The predicted molar refractivity (Wildman–Crippen MR) is 104 cm³/mol. The maximum Gasteiger partial charge on any atom is 0.242 e. The molecule has 134 valence electrons. The Kier molecular flexibility index (Phi) is 7.43. The molecule has 1 heterocycles. The highest BCUT2D eigenvalue weighted by Gasteiger charge is 2.22.